The second-order valence-electron chi connectivity index (χ2n) is 4.33. The van der Waals surface area contributed by atoms with Crippen molar-refractivity contribution in [1.29, 1.82) is 0 Å². The molecule has 108 valence electrons. The molecular formula is C13H15ClN2O4. The van der Waals surface area contributed by atoms with Crippen LogP contribution < -0.4 is 11.1 Å². The number of carbonyl (C=O) groups is 3. The maximum absolute atomic E-state index is 12.0. The molecule has 0 aromatic heterocycles. The van der Waals surface area contributed by atoms with Gasteiger partial charge >= 0.3 is 5.97 Å². The van der Waals surface area contributed by atoms with Crippen LogP contribution in [0.4, 0.5) is 0 Å². The van der Waals surface area contributed by atoms with E-state index < -0.39 is 23.8 Å². The zero-order valence-corrected chi connectivity index (χ0v) is 11.6. The Morgan fingerprint density at radius 1 is 1.40 bits per heavy atom. The van der Waals surface area contributed by atoms with Crippen molar-refractivity contribution < 1.29 is 19.5 Å². The van der Waals surface area contributed by atoms with Gasteiger partial charge in [0.2, 0.25) is 5.91 Å². The van der Waals surface area contributed by atoms with Crippen molar-refractivity contribution in [1.82, 2.24) is 5.32 Å². The topological polar surface area (TPSA) is 109 Å². The number of aryl methyl sites for hydroxylation is 1. The van der Waals surface area contributed by atoms with E-state index in [1.807, 2.05) is 0 Å². The summed E-state index contributed by atoms with van der Waals surface area (Å²) in [7, 11) is 0. The number of hydrogen-bond acceptors (Lipinski definition) is 3. The molecule has 0 bridgehead atoms. The number of amides is 2. The van der Waals surface area contributed by atoms with Crippen LogP contribution in [0.25, 0.3) is 0 Å². The first kappa shape index (κ1) is 16.0. The highest BCUT2D eigenvalue weighted by atomic mass is 35.5. The minimum Gasteiger partial charge on any atom is -0.480 e. The van der Waals surface area contributed by atoms with Crippen LogP contribution in [-0.2, 0) is 9.59 Å². The van der Waals surface area contributed by atoms with Gasteiger partial charge in [0, 0.05) is 17.0 Å². The minimum atomic E-state index is -1.22. The highest BCUT2D eigenvalue weighted by molar-refractivity contribution is 6.31. The third kappa shape index (κ3) is 4.55. The van der Waals surface area contributed by atoms with Crippen molar-refractivity contribution in [3.8, 4) is 0 Å². The second kappa shape index (κ2) is 6.91. The van der Waals surface area contributed by atoms with Crippen molar-refractivity contribution >= 4 is 29.4 Å². The van der Waals surface area contributed by atoms with Gasteiger partial charge in [-0.2, -0.15) is 0 Å². The molecule has 0 aliphatic rings. The Hall–Kier alpha value is -2.08. The molecule has 1 aromatic carbocycles. The average molecular weight is 299 g/mol. The molecule has 0 unspecified atom stereocenters. The summed E-state index contributed by atoms with van der Waals surface area (Å²) in [6.07, 6.45) is -0.179. The van der Waals surface area contributed by atoms with E-state index in [-0.39, 0.29) is 12.8 Å². The summed E-state index contributed by atoms with van der Waals surface area (Å²) in [6.45, 7) is 1.71. The second-order valence-corrected chi connectivity index (χ2v) is 4.76. The smallest absolute Gasteiger partial charge is 0.326 e. The van der Waals surface area contributed by atoms with Gasteiger partial charge in [-0.1, -0.05) is 17.7 Å². The molecule has 1 atom stereocenters. The summed E-state index contributed by atoms with van der Waals surface area (Å²) in [4.78, 5) is 33.7. The number of hydrogen-bond donors (Lipinski definition) is 3. The number of carboxylic acid groups (broad SMARTS) is 1. The summed E-state index contributed by atoms with van der Waals surface area (Å²) in [6, 6.07) is 3.58. The number of rotatable bonds is 6. The predicted molar refractivity (Wildman–Crippen MR) is 73.5 cm³/mol. The van der Waals surface area contributed by atoms with Gasteiger partial charge in [-0.25, -0.2) is 4.79 Å². The summed E-state index contributed by atoms with van der Waals surface area (Å²) in [5, 5.41) is 11.7. The third-order valence-corrected chi connectivity index (χ3v) is 2.96. The van der Waals surface area contributed by atoms with E-state index in [1.54, 1.807) is 19.1 Å². The first-order valence-electron chi connectivity index (χ1n) is 5.89. The van der Waals surface area contributed by atoms with E-state index >= 15 is 0 Å². The lowest BCUT2D eigenvalue weighted by molar-refractivity contribution is -0.139. The minimum absolute atomic E-state index is 0.0595. The SMILES string of the molecule is Cc1ccc(Cl)cc1C(=O)N[C@@H](CCC(N)=O)C(=O)O. The third-order valence-electron chi connectivity index (χ3n) is 2.73. The van der Waals surface area contributed by atoms with Crippen LogP contribution in [0.2, 0.25) is 5.02 Å². The Bertz CT molecular complexity index is 545. The van der Waals surface area contributed by atoms with Gasteiger partial charge in [-0.3, -0.25) is 9.59 Å². The Morgan fingerprint density at radius 3 is 2.60 bits per heavy atom. The van der Waals surface area contributed by atoms with Gasteiger partial charge in [0.15, 0.2) is 0 Å². The number of benzene rings is 1. The molecule has 0 spiro atoms. The largest absolute Gasteiger partial charge is 0.480 e. The number of aliphatic carboxylic acids is 1. The quantitative estimate of drug-likeness (QED) is 0.730. The molecule has 0 saturated heterocycles. The Labute approximate surface area is 120 Å². The molecule has 0 fully saturated rings. The summed E-state index contributed by atoms with van der Waals surface area (Å²) >= 11 is 5.81. The van der Waals surface area contributed by atoms with E-state index in [0.717, 1.165) is 0 Å². The molecule has 0 heterocycles. The van der Waals surface area contributed by atoms with E-state index in [4.69, 9.17) is 22.4 Å². The molecule has 4 N–H and O–H groups in total. The fraction of sp³-hybridized carbons (Fsp3) is 0.308. The Morgan fingerprint density at radius 2 is 2.05 bits per heavy atom. The van der Waals surface area contributed by atoms with E-state index in [2.05, 4.69) is 5.32 Å². The highest BCUT2D eigenvalue weighted by Crippen LogP contribution is 2.15. The van der Waals surface area contributed by atoms with Crippen LogP contribution in [0, 0.1) is 6.92 Å². The van der Waals surface area contributed by atoms with Gasteiger partial charge in [-0.15, -0.1) is 0 Å². The van der Waals surface area contributed by atoms with Crippen LogP contribution >= 0.6 is 11.6 Å². The van der Waals surface area contributed by atoms with Gasteiger partial charge in [0.25, 0.3) is 5.91 Å². The summed E-state index contributed by atoms with van der Waals surface area (Å²) < 4.78 is 0. The van der Waals surface area contributed by atoms with Crippen molar-refractivity contribution in [3.05, 3.63) is 34.3 Å². The zero-order chi connectivity index (χ0) is 15.3. The van der Waals surface area contributed by atoms with Gasteiger partial charge < -0.3 is 16.2 Å². The van der Waals surface area contributed by atoms with E-state index in [1.165, 1.54) is 6.07 Å². The van der Waals surface area contributed by atoms with E-state index in [0.29, 0.717) is 16.1 Å². The number of nitrogens with two attached hydrogens (primary N) is 1. The van der Waals surface area contributed by atoms with Crippen molar-refractivity contribution in [2.24, 2.45) is 5.73 Å². The predicted octanol–water partition coefficient (Wildman–Crippen LogP) is 1.10. The van der Waals surface area contributed by atoms with Gasteiger partial charge in [0.1, 0.15) is 6.04 Å². The Balaban J connectivity index is 2.82. The molecular weight excluding hydrogens is 284 g/mol. The van der Waals surface area contributed by atoms with Crippen molar-refractivity contribution in [2.45, 2.75) is 25.8 Å². The molecule has 0 radical (unpaired) electrons. The molecule has 6 nitrogen and oxygen atoms in total. The molecule has 7 heteroatoms. The molecule has 0 saturated carbocycles. The van der Waals surface area contributed by atoms with Crippen molar-refractivity contribution in [2.75, 3.05) is 0 Å². The fourth-order valence-electron chi connectivity index (χ4n) is 1.62. The summed E-state index contributed by atoms with van der Waals surface area (Å²) in [5.41, 5.74) is 5.93. The lowest BCUT2D eigenvalue weighted by Gasteiger charge is -2.14. The lowest BCUT2D eigenvalue weighted by Crippen LogP contribution is -2.41. The van der Waals surface area contributed by atoms with E-state index in [9.17, 15) is 14.4 Å². The fourth-order valence-corrected chi connectivity index (χ4v) is 1.79. The molecule has 1 rings (SSSR count). The van der Waals surface area contributed by atoms with Crippen LogP contribution in [-0.4, -0.2) is 28.9 Å². The van der Waals surface area contributed by atoms with Crippen LogP contribution in [0.1, 0.15) is 28.8 Å². The van der Waals surface area contributed by atoms with Crippen LogP contribution in [0.3, 0.4) is 0 Å². The maximum atomic E-state index is 12.0. The van der Waals surface area contributed by atoms with Gasteiger partial charge in [-0.05, 0) is 31.0 Å². The number of nitrogens with one attached hydrogen (secondary N) is 1. The van der Waals surface area contributed by atoms with Crippen LogP contribution in [0.5, 0.6) is 0 Å². The summed E-state index contributed by atoms with van der Waals surface area (Å²) in [5.74, 6) is -2.40. The zero-order valence-electron chi connectivity index (χ0n) is 10.9. The average Bonchev–Trinajstić information content (AvgIpc) is 2.36. The first-order chi connectivity index (χ1) is 9.31. The standard InChI is InChI=1S/C13H15ClN2O4/c1-7-2-3-8(14)6-9(7)12(18)16-10(13(19)20)4-5-11(15)17/h2-3,6,10H,4-5H2,1H3,(H2,15,17)(H,16,18)(H,19,20)/t10-/m0/s1. The molecule has 2 amide bonds. The maximum Gasteiger partial charge on any atom is 0.326 e. The monoisotopic (exact) mass is 298 g/mol. The lowest BCUT2D eigenvalue weighted by atomic mass is 10.1. The number of carboxylic acids is 1. The number of carbonyl (C=O) groups excluding carboxylic acids is 2. The Kier molecular flexibility index (Phi) is 5.52. The van der Waals surface area contributed by atoms with Crippen LogP contribution in [0.15, 0.2) is 18.2 Å². The molecule has 0 aliphatic heterocycles. The highest BCUT2D eigenvalue weighted by Gasteiger charge is 2.22. The normalized spacial score (nSPS) is 11.7. The van der Waals surface area contributed by atoms with Crippen molar-refractivity contribution in [3.63, 3.8) is 0 Å². The number of halogens is 1. The first-order valence-corrected chi connectivity index (χ1v) is 6.27. The molecule has 20 heavy (non-hydrogen) atoms. The molecule has 1 aromatic rings. The van der Waals surface area contributed by atoms with Gasteiger partial charge in [0.05, 0.1) is 0 Å². The number of primary amides is 1. The molecule has 0 aliphatic carbocycles.